The third-order valence-corrected chi connectivity index (χ3v) is 6.13. The predicted molar refractivity (Wildman–Crippen MR) is 122 cm³/mol. The molecule has 3 aromatic rings. The van der Waals surface area contributed by atoms with E-state index < -0.39 is 0 Å². The van der Waals surface area contributed by atoms with Crippen molar-refractivity contribution in [3.05, 3.63) is 89.0 Å². The van der Waals surface area contributed by atoms with Crippen LogP contribution in [0.3, 0.4) is 0 Å². The van der Waals surface area contributed by atoms with E-state index in [4.69, 9.17) is 12.2 Å². The second-order valence-electron chi connectivity index (χ2n) is 7.72. The minimum absolute atomic E-state index is 0.0564. The standard InChI is InChI=1S/C24H28N4S/c1-4-14-27-23(22(26-24(27)29)21-12-8-9-13-25-21)20-15-17(2)28(18(20)3)16-19-10-6-5-7-11-19/h5-13,15,22-23H,4,14,16H2,1-3H3,(H,26,29)/t22-,23+/m1/s1. The van der Waals surface area contributed by atoms with Crippen LogP contribution in [0.15, 0.2) is 60.8 Å². The average Bonchev–Trinajstić information content (AvgIpc) is 3.21. The lowest BCUT2D eigenvalue weighted by atomic mass is 9.96. The number of pyridine rings is 1. The molecule has 1 aliphatic heterocycles. The van der Waals surface area contributed by atoms with Gasteiger partial charge in [0.05, 0.1) is 17.8 Å². The molecule has 1 fully saturated rings. The molecular weight excluding hydrogens is 376 g/mol. The molecule has 0 saturated carbocycles. The second-order valence-corrected chi connectivity index (χ2v) is 8.10. The molecule has 0 amide bonds. The van der Waals surface area contributed by atoms with Crippen LogP contribution in [0, 0.1) is 13.8 Å². The van der Waals surface area contributed by atoms with Gasteiger partial charge in [-0.15, -0.1) is 0 Å². The summed E-state index contributed by atoms with van der Waals surface area (Å²) in [6.45, 7) is 8.44. The van der Waals surface area contributed by atoms with Gasteiger partial charge in [0, 0.05) is 30.7 Å². The van der Waals surface area contributed by atoms with Gasteiger partial charge in [0.15, 0.2) is 5.11 Å². The first-order chi connectivity index (χ1) is 14.1. The number of rotatable bonds is 6. The normalized spacial score (nSPS) is 18.9. The number of aromatic nitrogens is 2. The minimum atomic E-state index is 0.0564. The van der Waals surface area contributed by atoms with Crippen molar-refractivity contribution in [1.29, 1.82) is 0 Å². The van der Waals surface area contributed by atoms with Crippen LogP contribution >= 0.6 is 12.2 Å². The number of nitrogens with one attached hydrogen (secondary N) is 1. The molecule has 2 aromatic heterocycles. The van der Waals surface area contributed by atoms with Gasteiger partial charge in [-0.1, -0.05) is 43.3 Å². The Hall–Kier alpha value is -2.66. The van der Waals surface area contributed by atoms with E-state index in [9.17, 15) is 0 Å². The van der Waals surface area contributed by atoms with Gasteiger partial charge in [-0.2, -0.15) is 0 Å². The Balaban J connectivity index is 1.75. The number of nitrogens with zero attached hydrogens (tertiary/aromatic N) is 3. The number of aryl methyl sites for hydroxylation is 1. The van der Waals surface area contributed by atoms with Crippen molar-refractivity contribution in [2.45, 2.75) is 45.8 Å². The lowest BCUT2D eigenvalue weighted by Gasteiger charge is -2.27. The Bertz CT molecular complexity index is 981. The highest BCUT2D eigenvalue weighted by Gasteiger charge is 2.40. The average molecular weight is 405 g/mol. The Kier molecular flexibility index (Phi) is 5.67. The zero-order chi connectivity index (χ0) is 20.4. The van der Waals surface area contributed by atoms with Crippen LogP contribution in [-0.2, 0) is 6.54 Å². The zero-order valence-corrected chi connectivity index (χ0v) is 18.1. The van der Waals surface area contributed by atoms with Crippen molar-refractivity contribution in [2.75, 3.05) is 6.54 Å². The molecule has 5 heteroatoms. The van der Waals surface area contributed by atoms with Crippen LogP contribution < -0.4 is 5.32 Å². The summed E-state index contributed by atoms with van der Waals surface area (Å²) in [5.41, 5.74) is 6.24. The quantitative estimate of drug-likeness (QED) is 0.591. The first-order valence-corrected chi connectivity index (χ1v) is 10.7. The van der Waals surface area contributed by atoms with Crippen LogP contribution in [0.25, 0.3) is 0 Å². The SMILES string of the molecule is CCCN1C(=S)N[C@H](c2ccccn2)[C@@H]1c1cc(C)n(Cc2ccccc2)c1C. The van der Waals surface area contributed by atoms with Gasteiger partial charge in [0.2, 0.25) is 0 Å². The maximum absolute atomic E-state index is 5.73. The first-order valence-electron chi connectivity index (χ1n) is 10.3. The highest BCUT2D eigenvalue weighted by Crippen LogP contribution is 2.40. The highest BCUT2D eigenvalue weighted by molar-refractivity contribution is 7.80. The maximum Gasteiger partial charge on any atom is 0.170 e. The fraction of sp³-hybridized carbons (Fsp3) is 0.333. The molecular formula is C24H28N4S. The smallest absolute Gasteiger partial charge is 0.170 e. The summed E-state index contributed by atoms with van der Waals surface area (Å²) in [6, 6.07) is 19.3. The fourth-order valence-corrected chi connectivity index (χ4v) is 4.69. The zero-order valence-electron chi connectivity index (χ0n) is 17.3. The van der Waals surface area contributed by atoms with Crippen molar-refractivity contribution in [2.24, 2.45) is 0 Å². The van der Waals surface area contributed by atoms with Crippen LogP contribution in [0.1, 0.15) is 53.6 Å². The van der Waals surface area contributed by atoms with Crippen LogP contribution in [-0.4, -0.2) is 26.1 Å². The fourth-order valence-electron chi connectivity index (χ4n) is 4.36. The molecule has 1 saturated heterocycles. The number of benzene rings is 1. The molecule has 1 aromatic carbocycles. The molecule has 2 atom stereocenters. The Morgan fingerprint density at radius 2 is 1.83 bits per heavy atom. The third-order valence-electron chi connectivity index (χ3n) is 5.78. The first kappa shape index (κ1) is 19.6. The van der Waals surface area contributed by atoms with Crippen molar-refractivity contribution in [1.82, 2.24) is 19.8 Å². The molecule has 0 radical (unpaired) electrons. The molecule has 0 spiro atoms. The van der Waals surface area contributed by atoms with Crippen molar-refractivity contribution < 1.29 is 0 Å². The summed E-state index contributed by atoms with van der Waals surface area (Å²) >= 11 is 5.73. The number of thiocarbonyl (C=S) groups is 1. The topological polar surface area (TPSA) is 33.1 Å². The van der Waals surface area contributed by atoms with Gasteiger partial charge in [-0.3, -0.25) is 4.98 Å². The van der Waals surface area contributed by atoms with E-state index >= 15 is 0 Å². The molecule has 4 rings (SSSR count). The number of hydrogen-bond donors (Lipinski definition) is 1. The van der Waals surface area contributed by atoms with Gasteiger partial charge in [0.1, 0.15) is 0 Å². The van der Waals surface area contributed by atoms with E-state index in [2.05, 4.69) is 83.0 Å². The molecule has 3 heterocycles. The van der Waals surface area contributed by atoms with Gasteiger partial charge >= 0.3 is 0 Å². The predicted octanol–water partition coefficient (Wildman–Crippen LogP) is 4.93. The van der Waals surface area contributed by atoms with Crippen LogP contribution in [0.4, 0.5) is 0 Å². The monoisotopic (exact) mass is 404 g/mol. The van der Waals surface area contributed by atoms with E-state index in [1.165, 1.54) is 22.5 Å². The molecule has 0 unspecified atom stereocenters. The van der Waals surface area contributed by atoms with Gasteiger partial charge in [0.25, 0.3) is 0 Å². The molecule has 1 aliphatic rings. The van der Waals surface area contributed by atoms with E-state index in [-0.39, 0.29) is 12.1 Å². The van der Waals surface area contributed by atoms with Gasteiger partial charge in [-0.25, -0.2) is 0 Å². The Labute approximate surface area is 178 Å². The largest absolute Gasteiger partial charge is 0.352 e. The molecule has 0 bridgehead atoms. The van der Waals surface area contributed by atoms with E-state index in [0.717, 1.165) is 30.3 Å². The summed E-state index contributed by atoms with van der Waals surface area (Å²) in [5.74, 6) is 0. The van der Waals surface area contributed by atoms with Gasteiger partial charge in [-0.05, 0) is 61.8 Å². The van der Waals surface area contributed by atoms with E-state index in [0.29, 0.717) is 0 Å². The summed E-state index contributed by atoms with van der Waals surface area (Å²) in [7, 11) is 0. The number of hydrogen-bond acceptors (Lipinski definition) is 2. The van der Waals surface area contributed by atoms with Crippen LogP contribution in [0.5, 0.6) is 0 Å². The van der Waals surface area contributed by atoms with E-state index in [1.54, 1.807) is 0 Å². The van der Waals surface area contributed by atoms with Gasteiger partial charge < -0.3 is 14.8 Å². The van der Waals surface area contributed by atoms with Crippen molar-refractivity contribution in [3.63, 3.8) is 0 Å². The molecule has 4 nitrogen and oxygen atoms in total. The molecule has 0 aliphatic carbocycles. The molecule has 29 heavy (non-hydrogen) atoms. The third kappa shape index (κ3) is 3.79. The van der Waals surface area contributed by atoms with Crippen molar-refractivity contribution >= 4 is 17.3 Å². The summed E-state index contributed by atoms with van der Waals surface area (Å²) < 4.78 is 2.41. The van der Waals surface area contributed by atoms with E-state index in [1.807, 2.05) is 18.3 Å². The lowest BCUT2D eigenvalue weighted by molar-refractivity contribution is 0.316. The van der Waals surface area contributed by atoms with Crippen LogP contribution in [0.2, 0.25) is 0 Å². The second kappa shape index (κ2) is 8.37. The minimum Gasteiger partial charge on any atom is -0.352 e. The lowest BCUT2D eigenvalue weighted by Crippen LogP contribution is -2.30. The highest BCUT2D eigenvalue weighted by atomic mass is 32.1. The molecule has 150 valence electrons. The summed E-state index contributed by atoms with van der Waals surface area (Å²) in [4.78, 5) is 6.97. The summed E-state index contributed by atoms with van der Waals surface area (Å²) in [5, 5.41) is 4.36. The maximum atomic E-state index is 5.73. The summed E-state index contributed by atoms with van der Waals surface area (Å²) in [6.07, 6.45) is 2.91. The molecule has 1 N–H and O–H groups in total. The Morgan fingerprint density at radius 3 is 2.52 bits per heavy atom. The van der Waals surface area contributed by atoms with Crippen molar-refractivity contribution in [3.8, 4) is 0 Å². The Morgan fingerprint density at radius 1 is 1.07 bits per heavy atom.